The second-order valence-corrected chi connectivity index (χ2v) is 4.46. The van der Waals surface area contributed by atoms with Crippen LogP contribution in [-0.4, -0.2) is 14.5 Å². The number of para-hydroxylation sites is 1. The number of nitrogens with one attached hydrogen (secondary N) is 1. The Morgan fingerprint density at radius 2 is 1.94 bits per heavy atom. The Kier molecular flexibility index (Phi) is 2.33. The number of nitrogens with zero attached hydrogens (tertiary/aromatic N) is 2. The second-order valence-electron chi connectivity index (χ2n) is 3.60. The molecule has 0 saturated carbocycles. The third-order valence-electron chi connectivity index (χ3n) is 2.59. The van der Waals surface area contributed by atoms with E-state index in [4.69, 9.17) is 0 Å². The predicted molar refractivity (Wildman–Crippen MR) is 69.4 cm³/mol. The van der Waals surface area contributed by atoms with Gasteiger partial charge in [0.15, 0.2) is 0 Å². The predicted octanol–water partition coefficient (Wildman–Crippen LogP) is 2.48. The first-order valence-electron chi connectivity index (χ1n) is 5.07. The van der Waals surface area contributed by atoms with Crippen molar-refractivity contribution in [3.05, 3.63) is 57.7 Å². The molecule has 1 aromatic carbocycles. The molecule has 17 heavy (non-hydrogen) atoms. The van der Waals surface area contributed by atoms with Crippen LogP contribution in [0.5, 0.6) is 0 Å². The van der Waals surface area contributed by atoms with Gasteiger partial charge in [-0.15, -0.1) is 0 Å². The van der Waals surface area contributed by atoms with Gasteiger partial charge in [0.2, 0.25) is 0 Å². The van der Waals surface area contributed by atoms with Gasteiger partial charge in [0.1, 0.15) is 0 Å². The van der Waals surface area contributed by atoms with Gasteiger partial charge in [0.05, 0.1) is 16.7 Å². The van der Waals surface area contributed by atoms with Crippen LogP contribution in [0.2, 0.25) is 0 Å². The number of hydrogen-bond acceptors (Lipinski definition) is 2. The fourth-order valence-corrected chi connectivity index (χ4v) is 2.30. The summed E-state index contributed by atoms with van der Waals surface area (Å²) in [6, 6.07) is 9.30. The lowest BCUT2D eigenvalue weighted by Crippen LogP contribution is -2.14. The zero-order valence-corrected chi connectivity index (χ0v) is 10.3. The molecule has 3 aromatic rings. The molecule has 3 rings (SSSR count). The Labute approximate surface area is 105 Å². The minimum Gasteiger partial charge on any atom is -0.304 e. The van der Waals surface area contributed by atoms with E-state index in [0.717, 1.165) is 21.2 Å². The monoisotopic (exact) mass is 289 g/mol. The van der Waals surface area contributed by atoms with E-state index in [2.05, 4.69) is 25.9 Å². The van der Waals surface area contributed by atoms with Crippen LogP contribution in [0.3, 0.4) is 0 Å². The van der Waals surface area contributed by atoms with Gasteiger partial charge in [-0.2, -0.15) is 0 Å². The molecule has 1 N–H and O–H groups in total. The van der Waals surface area contributed by atoms with E-state index < -0.39 is 0 Å². The lowest BCUT2D eigenvalue weighted by molar-refractivity contribution is 1.01. The molecule has 5 heteroatoms. The van der Waals surface area contributed by atoms with Crippen LogP contribution in [0, 0.1) is 0 Å². The summed E-state index contributed by atoms with van der Waals surface area (Å²) in [5, 5.41) is 0. The van der Waals surface area contributed by atoms with Crippen LogP contribution in [0.4, 0.5) is 0 Å². The molecule has 0 saturated heterocycles. The molecule has 2 aromatic heterocycles. The van der Waals surface area contributed by atoms with E-state index >= 15 is 0 Å². The molecule has 0 unspecified atom stereocenters. The van der Waals surface area contributed by atoms with E-state index in [0.29, 0.717) is 0 Å². The molecule has 2 heterocycles. The van der Waals surface area contributed by atoms with Gasteiger partial charge in [-0.05, 0) is 40.2 Å². The third kappa shape index (κ3) is 1.59. The Hall–Kier alpha value is -1.88. The molecule has 0 aliphatic carbocycles. The number of rotatable bonds is 1. The van der Waals surface area contributed by atoms with E-state index in [9.17, 15) is 4.79 Å². The normalized spacial score (nSPS) is 10.9. The van der Waals surface area contributed by atoms with Gasteiger partial charge in [0, 0.05) is 16.9 Å². The summed E-state index contributed by atoms with van der Waals surface area (Å²) >= 11 is 3.42. The summed E-state index contributed by atoms with van der Waals surface area (Å²) in [5.41, 5.74) is 2.29. The Bertz CT molecular complexity index is 730. The van der Waals surface area contributed by atoms with E-state index in [1.807, 2.05) is 18.2 Å². The smallest absolute Gasteiger partial charge is 0.304 e. The van der Waals surface area contributed by atoms with E-state index in [1.165, 1.54) is 0 Å². The van der Waals surface area contributed by atoms with Crippen molar-refractivity contribution in [1.29, 1.82) is 0 Å². The summed E-state index contributed by atoms with van der Waals surface area (Å²) in [7, 11) is 0. The number of benzene rings is 1. The van der Waals surface area contributed by atoms with Crippen LogP contribution in [0.15, 0.2) is 52.0 Å². The largest absolute Gasteiger partial charge is 0.331 e. The molecule has 0 aliphatic rings. The SMILES string of the molecule is O=c1[nH]c2c(Br)cccc2n1-c1ccncc1. The number of aromatic nitrogens is 3. The maximum atomic E-state index is 12.0. The zero-order chi connectivity index (χ0) is 11.8. The maximum Gasteiger partial charge on any atom is 0.331 e. The highest BCUT2D eigenvalue weighted by molar-refractivity contribution is 9.10. The fourth-order valence-electron chi connectivity index (χ4n) is 1.84. The molecule has 0 bridgehead atoms. The highest BCUT2D eigenvalue weighted by Crippen LogP contribution is 2.22. The van der Waals surface area contributed by atoms with E-state index in [1.54, 1.807) is 29.1 Å². The highest BCUT2D eigenvalue weighted by atomic mass is 79.9. The molecule has 0 amide bonds. The number of H-pyrrole nitrogens is 1. The average molecular weight is 290 g/mol. The number of halogens is 1. The minimum absolute atomic E-state index is 0.155. The zero-order valence-electron chi connectivity index (χ0n) is 8.72. The van der Waals surface area contributed by atoms with Crippen molar-refractivity contribution in [2.24, 2.45) is 0 Å². The Balaban J connectivity index is 2.42. The van der Waals surface area contributed by atoms with Crippen LogP contribution in [-0.2, 0) is 0 Å². The van der Waals surface area contributed by atoms with Crippen LogP contribution < -0.4 is 5.69 Å². The topological polar surface area (TPSA) is 50.7 Å². The van der Waals surface area contributed by atoms with Crippen molar-refractivity contribution in [2.45, 2.75) is 0 Å². The van der Waals surface area contributed by atoms with Crippen LogP contribution in [0.1, 0.15) is 0 Å². The van der Waals surface area contributed by atoms with E-state index in [-0.39, 0.29) is 5.69 Å². The summed E-state index contributed by atoms with van der Waals surface area (Å²) in [5.74, 6) is 0. The lowest BCUT2D eigenvalue weighted by atomic mass is 10.3. The van der Waals surface area contributed by atoms with Crippen LogP contribution >= 0.6 is 15.9 Å². The number of pyridine rings is 1. The van der Waals surface area contributed by atoms with Gasteiger partial charge in [-0.1, -0.05) is 6.07 Å². The first kappa shape index (κ1) is 10.3. The first-order valence-corrected chi connectivity index (χ1v) is 5.86. The number of imidazole rings is 1. The summed E-state index contributed by atoms with van der Waals surface area (Å²) in [6.45, 7) is 0. The number of hydrogen-bond donors (Lipinski definition) is 1. The second kappa shape index (κ2) is 3.85. The molecule has 0 fully saturated rings. The summed E-state index contributed by atoms with van der Waals surface area (Å²) < 4.78 is 2.50. The quantitative estimate of drug-likeness (QED) is 0.748. The molecular weight excluding hydrogens is 282 g/mol. The maximum absolute atomic E-state index is 12.0. The van der Waals surface area contributed by atoms with Gasteiger partial charge in [0.25, 0.3) is 0 Å². The standard InChI is InChI=1S/C12H8BrN3O/c13-9-2-1-3-10-11(9)15-12(17)16(10)8-4-6-14-7-5-8/h1-7H,(H,15,17). The van der Waals surface area contributed by atoms with Crippen molar-refractivity contribution in [3.8, 4) is 5.69 Å². The number of fused-ring (bicyclic) bond motifs is 1. The van der Waals surface area contributed by atoms with Crippen LogP contribution in [0.25, 0.3) is 16.7 Å². The van der Waals surface area contributed by atoms with Gasteiger partial charge >= 0.3 is 5.69 Å². The van der Waals surface area contributed by atoms with Crippen molar-refractivity contribution < 1.29 is 0 Å². The van der Waals surface area contributed by atoms with Gasteiger partial charge < -0.3 is 4.98 Å². The first-order chi connectivity index (χ1) is 8.27. The van der Waals surface area contributed by atoms with Gasteiger partial charge in [-0.3, -0.25) is 9.55 Å². The molecular formula is C12H8BrN3O. The molecule has 0 aliphatic heterocycles. The molecule has 0 radical (unpaired) electrons. The highest BCUT2D eigenvalue weighted by Gasteiger charge is 2.09. The Morgan fingerprint density at radius 1 is 1.18 bits per heavy atom. The Morgan fingerprint density at radius 3 is 2.71 bits per heavy atom. The molecule has 0 atom stereocenters. The molecule has 0 spiro atoms. The van der Waals surface area contributed by atoms with Crippen molar-refractivity contribution in [3.63, 3.8) is 0 Å². The third-order valence-corrected chi connectivity index (χ3v) is 3.25. The van der Waals surface area contributed by atoms with Crippen molar-refractivity contribution in [2.75, 3.05) is 0 Å². The fraction of sp³-hybridized carbons (Fsp3) is 0. The lowest BCUT2D eigenvalue weighted by Gasteiger charge is -2.02. The summed E-state index contributed by atoms with van der Waals surface area (Å²) in [4.78, 5) is 18.7. The molecule has 84 valence electrons. The minimum atomic E-state index is -0.155. The summed E-state index contributed by atoms with van der Waals surface area (Å²) in [6.07, 6.45) is 3.33. The van der Waals surface area contributed by atoms with Gasteiger partial charge in [-0.25, -0.2) is 4.79 Å². The van der Waals surface area contributed by atoms with Crippen molar-refractivity contribution >= 4 is 27.0 Å². The number of aromatic amines is 1. The molecule has 4 nitrogen and oxygen atoms in total. The van der Waals surface area contributed by atoms with Crippen molar-refractivity contribution in [1.82, 2.24) is 14.5 Å². The average Bonchev–Trinajstić information content (AvgIpc) is 2.68.